The zero-order chi connectivity index (χ0) is 15.7. The molecule has 0 aliphatic heterocycles. The monoisotopic (exact) mass is 296 g/mol. The third-order valence-electron chi connectivity index (χ3n) is 3.34. The van der Waals surface area contributed by atoms with Crippen LogP contribution in [0.5, 0.6) is 0 Å². The maximum atomic E-state index is 12.4. The number of hydrogen-bond acceptors (Lipinski definition) is 4. The van der Waals surface area contributed by atoms with E-state index in [0.717, 1.165) is 21.5 Å². The summed E-state index contributed by atoms with van der Waals surface area (Å²) in [6.07, 6.45) is 1.07. The molecule has 0 aliphatic rings. The van der Waals surface area contributed by atoms with Gasteiger partial charge in [0.15, 0.2) is 0 Å². The Morgan fingerprint density at radius 1 is 1.23 bits per heavy atom. The van der Waals surface area contributed by atoms with Crippen molar-refractivity contribution >= 4 is 28.3 Å². The number of rotatable bonds is 2. The highest BCUT2D eigenvalue weighted by Crippen LogP contribution is 2.24. The minimum atomic E-state index is -0.636. The molecule has 0 fully saturated rings. The third kappa shape index (κ3) is 2.28. The molecule has 7 nitrogen and oxygen atoms in total. The first kappa shape index (κ1) is 13.7. The van der Waals surface area contributed by atoms with Crippen LogP contribution in [0.3, 0.4) is 0 Å². The van der Waals surface area contributed by atoms with E-state index in [0.29, 0.717) is 5.69 Å². The molecule has 1 heterocycles. The van der Waals surface area contributed by atoms with Gasteiger partial charge < -0.3 is 10.1 Å². The van der Waals surface area contributed by atoms with Crippen molar-refractivity contribution in [3.8, 4) is 0 Å². The molecular formula is C15H12N4O3. The van der Waals surface area contributed by atoms with Crippen molar-refractivity contribution < 1.29 is 9.72 Å². The number of imidazole rings is 1. The number of nitrogens with one attached hydrogen (secondary N) is 1. The van der Waals surface area contributed by atoms with Crippen LogP contribution in [-0.4, -0.2) is 20.5 Å². The van der Waals surface area contributed by atoms with Gasteiger partial charge in [0, 0.05) is 12.3 Å². The lowest BCUT2D eigenvalue weighted by atomic mass is 10.1. The number of fused-ring (bicyclic) bond motifs is 1. The molecule has 110 valence electrons. The van der Waals surface area contributed by atoms with Crippen LogP contribution in [0.25, 0.3) is 10.8 Å². The highest BCUT2D eigenvalue weighted by molar-refractivity contribution is 6.02. The first-order chi connectivity index (χ1) is 10.6. The molecule has 0 saturated heterocycles. The normalized spacial score (nSPS) is 10.6. The van der Waals surface area contributed by atoms with Gasteiger partial charge in [-0.3, -0.25) is 5.32 Å². The largest absolute Gasteiger partial charge is 0.419 e. The summed E-state index contributed by atoms with van der Waals surface area (Å²) in [5.41, 5.74) is 0.588. The van der Waals surface area contributed by atoms with Crippen LogP contribution in [0.1, 0.15) is 5.82 Å². The Labute approximate surface area is 125 Å². The fourth-order valence-electron chi connectivity index (χ4n) is 2.32. The first-order valence-electron chi connectivity index (χ1n) is 6.56. The summed E-state index contributed by atoms with van der Waals surface area (Å²) in [7, 11) is 0. The van der Waals surface area contributed by atoms with Crippen LogP contribution >= 0.6 is 0 Å². The van der Waals surface area contributed by atoms with Crippen molar-refractivity contribution in [3.63, 3.8) is 0 Å². The molecule has 1 aromatic heterocycles. The lowest BCUT2D eigenvalue weighted by molar-refractivity contribution is -0.390. The lowest BCUT2D eigenvalue weighted by Crippen LogP contribution is -2.22. The number of aryl methyl sites for hydroxylation is 1. The molecule has 0 bridgehead atoms. The molecule has 1 N–H and O–H groups in total. The van der Waals surface area contributed by atoms with Gasteiger partial charge in [0.1, 0.15) is 6.20 Å². The highest BCUT2D eigenvalue weighted by atomic mass is 16.6. The second-order valence-corrected chi connectivity index (χ2v) is 4.71. The molecule has 22 heavy (non-hydrogen) atoms. The SMILES string of the molecule is Cc1ncc([N+](=O)[O-])n1C(=O)Nc1cccc2ccccc12. The van der Waals surface area contributed by atoms with Crippen molar-refractivity contribution in [2.45, 2.75) is 6.92 Å². The van der Waals surface area contributed by atoms with E-state index in [-0.39, 0.29) is 11.6 Å². The van der Waals surface area contributed by atoms with Gasteiger partial charge in [-0.15, -0.1) is 4.57 Å². The van der Waals surface area contributed by atoms with Crippen molar-refractivity contribution in [1.29, 1.82) is 0 Å². The Kier molecular flexibility index (Phi) is 3.30. The van der Waals surface area contributed by atoms with E-state index in [1.54, 1.807) is 6.07 Å². The van der Waals surface area contributed by atoms with Crippen LogP contribution in [-0.2, 0) is 0 Å². The minimum absolute atomic E-state index is 0.254. The summed E-state index contributed by atoms with van der Waals surface area (Å²) in [5, 5.41) is 15.5. The average Bonchev–Trinajstić information content (AvgIpc) is 2.90. The standard InChI is InChI=1S/C15H12N4O3/c1-10-16-9-14(19(21)22)18(10)15(20)17-13-8-4-6-11-5-2-3-7-12(11)13/h2-9H,1H3,(H,17,20). The fourth-order valence-corrected chi connectivity index (χ4v) is 2.32. The van der Waals surface area contributed by atoms with Crippen LogP contribution in [0, 0.1) is 17.0 Å². The topological polar surface area (TPSA) is 90.1 Å². The van der Waals surface area contributed by atoms with E-state index in [1.165, 1.54) is 6.92 Å². The number of anilines is 1. The number of hydrogen-bond donors (Lipinski definition) is 1. The molecule has 3 rings (SSSR count). The maximum absolute atomic E-state index is 12.4. The molecule has 0 saturated carbocycles. The van der Waals surface area contributed by atoms with Gasteiger partial charge in [-0.2, -0.15) is 0 Å². The second-order valence-electron chi connectivity index (χ2n) is 4.71. The number of amides is 1. The van der Waals surface area contributed by atoms with Crippen molar-refractivity contribution in [1.82, 2.24) is 9.55 Å². The summed E-state index contributed by atoms with van der Waals surface area (Å²) in [6, 6.07) is 12.4. The summed E-state index contributed by atoms with van der Waals surface area (Å²) in [5.74, 6) is -0.111. The number of nitro groups is 1. The quantitative estimate of drug-likeness (QED) is 0.580. The van der Waals surface area contributed by atoms with Gasteiger partial charge in [-0.05, 0) is 16.4 Å². The average molecular weight is 296 g/mol. The summed E-state index contributed by atoms with van der Waals surface area (Å²) < 4.78 is 0.946. The lowest BCUT2D eigenvalue weighted by Gasteiger charge is -2.07. The van der Waals surface area contributed by atoms with E-state index < -0.39 is 11.0 Å². The van der Waals surface area contributed by atoms with Crippen molar-refractivity contribution in [2.24, 2.45) is 0 Å². The fraction of sp³-hybridized carbons (Fsp3) is 0.0667. The Hall–Kier alpha value is -3.22. The van der Waals surface area contributed by atoms with Gasteiger partial charge in [0.25, 0.3) is 0 Å². The molecule has 1 amide bonds. The van der Waals surface area contributed by atoms with Crippen LogP contribution in [0.15, 0.2) is 48.7 Å². The third-order valence-corrected chi connectivity index (χ3v) is 3.34. The van der Waals surface area contributed by atoms with Gasteiger partial charge in [0.05, 0.1) is 5.69 Å². The van der Waals surface area contributed by atoms with Crippen LogP contribution in [0.4, 0.5) is 16.3 Å². The summed E-state index contributed by atoms with van der Waals surface area (Å²) in [4.78, 5) is 26.5. The number of carbonyl (C=O) groups excluding carboxylic acids is 1. The Morgan fingerprint density at radius 2 is 1.95 bits per heavy atom. The zero-order valence-electron chi connectivity index (χ0n) is 11.7. The first-order valence-corrected chi connectivity index (χ1v) is 6.56. The Bertz CT molecular complexity index is 880. The molecule has 0 atom stereocenters. The Morgan fingerprint density at radius 3 is 2.73 bits per heavy atom. The predicted molar refractivity (Wildman–Crippen MR) is 82.0 cm³/mol. The molecular weight excluding hydrogens is 284 g/mol. The second kappa shape index (κ2) is 5.28. The smallest absolute Gasteiger partial charge is 0.358 e. The van der Waals surface area contributed by atoms with Crippen LogP contribution < -0.4 is 5.32 Å². The molecule has 0 unspecified atom stereocenters. The number of benzene rings is 2. The molecule has 0 aliphatic carbocycles. The van der Waals surface area contributed by atoms with E-state index in [9.17, 15) is 14.9 Å². The molecule has 2 aromatic carbocycles. The van der Waals surface area contributed by atoms with Crippen LogP contribution in [0.2, 0.25) is 0 Å². The minimum Gasteiger partial charge on any atom is -0.358 e. The van der Waals surface area contributed by atoms with E-state index >= 15 is 0 Å². The van der Waals surface area contributed by atoms with E-state index in [1.807, 2.05) is 36.4 Å². The molecule has 7 heteroatoms. The van der Waals surface area contributed by atoms with Gasteiger partial charge in [-0.25, -0.2) is 9.78 Å². The maximum Gasteiger partial charge on any atom is 0.419 e. The van der Waals surface area contributed by atoms with E-state index in [2.05, 4.69) is 10.3 Å². The van der Waals surface area contributed by atoms with Crippen molar-refractivity contribution in [2.75, 3.05) is 5.32 Å². The molecule has 3 aromatic rings. The van der Waals surface area contributed by atoms with Crippen molar-refractivity contribution in [3.05, 3.63) is 64.6 Å². The van der Waals surface area contributed by atoms with Gasteiger partial charge >= 0.3 is 11.8 Å². The summed E-state index contributed by atoms with van der Waals surface area (Å²) in [6.45, 7) is 1.54. The molecule has 0 spiro atoms. The number of carbonyl (C=O) groups is 1. The Balaban J connectivity index is 2.01. The molecule has 0 radical (unpaired) electrons. The number of aromatic nitrogens is 2. The predicted octanol–water partition coefficient (Wildman–Crippen LogP) is 3.33. The van der Waals surface area contributed by atoms with Gasteiger partial charge in [-0.1, -0.05) is 36.4 Å². The number of nitrogens with zero attached hydrogens (tertiary/aromatic N) is 3. The van der Waals surface area contributed by atoms with Gasteiger partial charge in [0.2, 0.25) is 5.82 Å². The highest BCUT2D eigenvalue weighted by Gasteiger charge is 2.24. The zero-order valence-corrected chi connectivity index (χ0v) is 11.7. The summed E-state index contributed by atoms with van der Waals surface area (Å²) >= 11 is 0. The van der Waals surface area contributed by atoms with E-state index in [4.69, 9.17) is 0 Å².